The lowest BCUT2D eigenvalue weighted by molar-refractivity contribution is 0.243. The van der Waals surface area contributed by atoms with Crippen LogP contribution in [0.1, 0.15) is 82.8 Å². The Morgan fingerprint density at radius 2 is 2.00 bits per heavy atom. The van der Waals surface area contributed by atoms with E-state index < -0.39 is 0 Å². The van der Waals surface area contributed by atoms with Gasteiger partial charge in [0.15, 0.2) is 5.82 Å². The lowest BCUT2D eigenvalue weighted by atomic mass is 9.78. The number of alkyl halides is 1. The fourth-order valence-corrected chi connectivity index (χ4v) is 3.61. The van der Waals surface area contributed by atoms with Crippen molar-refractivity contribution < 1.29 is 4.52 Å². The van der Waals surface area contributed by atoms with Crippen molar-refractivity contribution in [1.82, 2.24) is 10.1 Å². The fourth-order valence-electron chi connectivity index (χ4n) is 3.30. The van der Waals surface area contributed by atoms with Gasteiger partial charge in [-0.2, -0.15) is 4.98 Å². The van der Waals surface area contributed by atoms with Crippen LogP contribution in [0.15, 0.2) is 4.52 Å². The first kappa shape index (κ1) is 14.8. The van der Waals surface area contributed by atoms with E-state index in [-0.39, 0.29) is 10.8 Å². The number of halogens is 1. The molecule has 108 valence electrons. The molecule has 1 unspecified atom stereocenters. The van der Waals surface area contributed by atoms with E-state index in [4.69, 9.17) is 16.1 Å². The Balaban J connectivity index is 2.18. The Morgan fingerprint density at radius 1 is 1.32 bits per heavy atom. The summed E-state index contributed by atoms with van der Waals surface area (Å²) in [5, 5.41) is 4.00. The van der Waals surface area contributed by atoms with Crippen molar-refractivity contribution in [2.24, 2.45) is 5.92 Å². The highest BCUT2D eigenvalue weighted by molar-refractivity contribution is 6.20. The van der Waals surface area contributed by atoms with Crippen LogP contribution in [0, 0.1) is 5.92 Å². The van der Waals surface area contributed by atoms with Crippen LogP contribution in [0.5, 0.6) is 0 Å². The Morgan fingerprint density at radius 3 is 2.58 bits per heavy atom. The molecule has 1 saturated carbocycles. The van der Waals surface area contributed by atoms with Crippen LogP contribution >= 0.6 is 11.6 Å². The number of hydrogen-bond donors (Lipinski definition) is 0. The maximum absolute atomic E-state index is 6.29. The normalized spacial score (nSPS) is 20.1. The number of hydrogen-bond acceptors (Lipinski definition) is 3. The molecular formula is C15H25ClN2O. The number of nitrogens with zero attached hydrogens (tertiary/aromatic N) is 2. The maximum Gasteiger partial charge on any atom is 0.232 e. The van der Waals surface area contributed by atoms with Gasteiger partial charge in [-0.1, -0.05) is 45.2 Å². The highest BCUT2D eigenvalue weighted by Gasteiger charge is 2.41. The summed E-state index contributed by atoms with van der Waals surface area (Å²) in [6.45, 7) is 6.64. The van der Waals surface area contributed by atoms with E-state index in [1.807, 2.05) is 0 Å². The van der Waals surface area contributed by atoms with Crippen LogP contribution < -0.4 is 0 Å². The molecule has 2 rings (SSSR count). The standard InChI is InChI=1S/C15H25ClN2O/c1-4-7-12(16)13-17-14(19-18-13)15(10-11(2)3)8-5-6-9-15/h11-12H,4-10H2,1-3H3. The van der Waals surface area contributed by atoms with Gasteiger partial charge in [0.1, 0.15) is 0 Å². The molecule has 0 radical (unpaired) electrons. The second-order valence-electron chi connectivity index (χ2n) is 6.30. The monoisotopic (exact) mass is 284 g/mol. The van der Waals surface area contributed by atoms with Crippen LogP contribution in [0.3, 0.4) is 0 Å². The minimum absolute atomic E-state index is 0.111. The molecule has 1 aliphatic rings. The summed E-state index contributed by atoms with van der Waals surface area (Å²) in [5.41, 5.74) is 0.113. The van der Waals surface area contributed by atoms with Gasteiger partial charge in [0.2, 0.25) is 5.89 Å². The summed E-state index contributed by atoms with van der Waals surface area (Å²) in [5.74, 6) is 2.15. The fraction of sp³-hybridized carbons (Fsp3) is 0.867. The van der Waals surface area contributed by atoms with Crippen molar-refractivity contribution >= 4 is 11.6 Å². The summed E-state index contributed by atoms with van der Waals surface area (Å²) in [4.78, 5) is 4.63. The summed E-state index contributed by atoms with van der Waals surface area (Å²) in [7, 11) is 0. The van der Waals surface area contributed by atoms with Gasteiger partial charge in [-0.15, -0.1) is 11.6 Å². The molecule has 0 N–H and O–H groups in total. The van der Waals surface area contributed by atoms with Gasteiger partial charge in [0.05, 0.1) is 5.38 Å². The van der Waals surface area contributed by atoms with Crippen molar-refractivity contribution in [3.05, 3.63) is 11.7 Å². The molecule has 0 spiro atoms. The SMILES string of the molecule is CCCC(Cl)c1noc(C2(CC(C)C)CCCC2)n1. The molecule has 1 aromatic heterocycles. The zero-order chi connectivity index (χ0) is 13.9. The zero-order valence-electron chi connectivity index (χ0n) is 12.3. The smallest absolute Gasteiger partial charge is 0.232 e. The Kier molecular flexibility index (Phi) is 4.88. The second kappa shape index (κ2) is 6.25. The molecule has 0 amide bonds. The van der Waals surface area contributed by atoms with E-state index in [0.717, 1.165) is 25.2 Å². The van der Waals surface area contributed by atoms with Crippen molar-refractivity contribution in [3.63, 3.8) is 0 Å². The summed E-state index contributed by atoms with van der Waals surface area (Å²) < 4.78 is 5.57. The van der Waals surface area contributed by atoms with E-state index in [0.29, 0.717) is 11.7 Å². The molecule has 1 aromatic rings. The van der Waals surface area contributed by atoms with Gasteiger partial charge in [0, 0.05) is 5.41 Å². The average molecular weight is 285 g/mol. The van der Waals surface area contributed by atoms with Gasteiger partial charge in [-0.25, -0.2) is 0 Å². The molecule has 1 heterocycles. The van der Waals surface area contributed by atoms with E-state index in [9.17, 15) is 0 Å². The molecule has 0 aromatic carbocycles. The molecule has 4 heteroatoms. The second-order valence-corrected chi connectivity index (χ2v) is 6.83. The molecule has 19 heavy (non-hydrogen) atoms. The average Bonchev–Trinajstić information content (AvgIpc) is 2.97. The van der Waals surface area contributed by atoms with Gasteiger partial charge in [-0.3, -0.25) is 0 Å². The molecule has 3 nitrogen and oxygen atoms in total. The predicted octanol–water partition coefficient (Wildman–Crippen LogP) is 5.01. The van der Waals surface area contributed by atoms with Gasteiger partial charge in [-0.05, 0) is 31.6 Å². The molecule has 0 saturated heterocycles. The van der Waals surface area contributed by atoms with E-state index in [2.05, 4.69) is 30.9 Å². The molecule has 0 aliphatic heterocycles. The highest BCUT2D eigenvalue weighted by atomic mass is 35.5. The quantitative estimate of drug-likeness (QED) is 0.690. The molecule has 1 aliphatic carbocycles. The minimum atomic E-state index is -0.111. The van der Waals surface area contributed by atoms with Crippen LogP contribution in [0.4, 0.5) is 0 Å². The predicted molar refractivity (Wildman–Crippen MR) is 77.4 cm³/mol. The van der Waals surface area contributed by atoms with E-state index >= 15 is 0 Å². The number of aromatic nitrogens is 2. The minimum Gasteiger partial charge on any atom is -0.339 e. The van der Waals surface area contributed by atoms with Gasteiger partial charge < -0.3 is 4.52 Å². The molecular weight excluding hydrogens is 260 g/mol. The van der Waals surface area contributed by atoms with Crippen molar-refractivity contribution in [2.45, 2.75) is 76.5 Å². The first-order chi connectivity index (χ1) is 9.07. The van der Waals surface area contributed by atoms with Crippen molar-refractivity contribution in [3.8, 4) is 0 Å². The highest BCUT2D eigenvalue weighted by Crippen LogP contribution is 2.45. The van der Waals surface area contributed by atoms with E-state index in [1.165, 1.54) is 25.7 Å². The third kappa shape index (κ3) is 3.31. The topological polar surface area (TPSA) is 38.9 Å². The lowest BCUT2D eigenvalue weighted by Gasteiger charge is -2.26. The molecule has 0 bridgehead atoms. The van der Waals surface area contributed by atoms with Crippen LogP contribution in [-0.2, 0) is 5.41 Å². The van der Waals surface area contributed by atoms with E-state index in [1.54, 1.807) is 0 Å². The summed E-state index contributed by atoms with van der Waals surface area (Å²) in [6.07, 6.45) is 7.96. The zero-order valence-corrected chi connectivity index (χ0v) is 13.0. The summed E-state index contributed by atoms with van der Waals surface area (Å²) >= 11 is 6.29. The largest absolute Gasteiger partial charge is 0.339 e. The molecule has 1 fully saturated rings. The Hall–Kier alpha value is -0.570. The third-order valence-electron chi connectivity index (χ3n) is 4.08. The first-order valence-electron chi connectivity index (χ1n) is 7.55. The Labute approximate surface area is 121 Å². The van der Waals surface area contributed by atoms with Crippen molar-refractivity contribution in [2.75, 3.05) is 0 Å². The number of rotatable bonds is 6. The first-order valence-corrected chi connectivity index (χ1v) is 7.99. The van der Waals surface area contributed by atoms with Crippen LogP contribution in [-0.4, -0.2) is 10.1 Å². The summed E-state index contributed by atoms with van der Waals surface area (Å²) in [6, 6.07) is 0. The van der Waals surface area contributed by atoms with Gasteiger partial charge in [0.25, 0.3) is 0 Å². The van der Waals surface area contributed by atoms with Gasteiger partial charge >= 0.3 is 0 Å². The third-order valence-corrected chi connectivity index (χ3v) is 4.49. The maximum atomic E-state index is 6.29. The molecule has 1 atom stereocenters. The Bertz CT molecular complexity index is 397. The lowest BCUT2D eigenvalue weighted by Crippen LogP contribution is -2.24. The van der Waals surface area contributed by atoms with Crippen molar-refractivity contribution in [1.29, 1.82) is 0 Å². The van der Waals surface area contributed by atoms with Crippen LogP contribution in [0.2, 0.25) is 0 Å². The van der Waals surface area contributed by atoms with Crippen LogP contribution in [0.25, 0.3) is 0 Å².